The SMILES string of the molecule is CCN(Cc1ccc(OCc2cccs2)c(OC)c1)C(=O)Cc1c(C)nn(C)c1C. The van der Waals surface area contributed by atoms with Crippen molar-refractivity contribution in [3.05, 3.63) is 63.1 Å². The van der Waals surface area contributed by atoms with E-state index in [0.717, 1.165) is 27.4 Å². The fourth-order valence-electron chi connectivity index (χ4n) is 3.41. The molecule has 0 saturated carbocycles. The van der Waals surface area contributed by atoms with E-state index >= 15 is 0 Å². The molecule has 0 aliphatic carbocycles. The number of nitrogens with zero attached hydrogens (tertiary/aromatic N) is 3. The van der Waals surface area contributed by atoms with Gasteiger partial charge in [-0.3, -0.25) is 9.48 Å². The molecule has 0 fully saturated rings. The average molecular weight is 428 g/mol. The second kappa shape index (κ2) is 9.80. The van der Waals surface area contributed by atoms with Gasteiger partial charge in [-0.05, 0) is 49.9 Å². The molecule has 0 bridgehead atoms. The van der Waals surface area contributed by atoms with E-state index in [2.05, 4.69) is 5.10 Å². The molecule has 0 aliphatic heterocycles. The van der Waals surface area contributed by atoms with Crippen LogP contribution in [-0.2, 0) is 31.4 Å². The molecule has 0 unspecified atom stereocenters. The van der Waals surface area contributed by atoms with Crippen molar-refractivity contribution >= 4 is 17.2 Å². The number of methoxy groups -OCH3 is 1. The van der Waals surface area contributed by atoms with Gasteiger partial charge in [0.1, 0.15) is 6.61 Å². The smallest absolute Gasteiger partial charge is 0.227 e. The predicted molar refractivity (Wildman–Crippen MR) is 119 cm³/mol. The molecule has 6 nitrogen and oxygen atoms in total. The van der Waals surface area contributed by atoms with E-state index in [1.165, 1.54) is 0 Å². The first kappa shape index (κ1) is 21.9. The Balaban J connectivity index is 1.69. The minimum absolute atomic E-state index is 0.0914. The van der Waals surface area contributed by atoms with Gasteiger partial charge in [-0.25, -0.2) is 0 Å². The molecule has 3 rings (SSSR count). The summed E-state index contributed by atoms with van der Waals surface area (Å²) >= 11 is 1.66. The number of hydrogen-bond donors (Lipinski definition) is 0. The first-order valence-corrected chi connectivity index (χ1v) is 10.9. The summed E-state index contributed by atoms with van der Waals surface area (Å²) in [5, 5.41) is 6.45. The van der Waals surface area contributed by atoms with Crippen LogP contribution in [0.15, 0.2) is 35.7 Å². The summed E-state index contributed by atoms with van der Waals surface area (Å²) in [5.74, 6) is 1.46. The van der Waals surface area contributed by atoms with Crippen LogP contribution < -0.4 is 9.47 Å². The summed E-state index contributed by atoms with van der Waals surface area (Å²) in [6.45, 7) is 7.61. The Labute approximate surface area is 182 Å². The van der Waals surface area contributed by atoms with Crippen LogP contribution in [0.3, 0.4) is 0 Å². The molecule has 0 atom stereocenters. The van der Waals surface area contributed by atoms with Crippen LogP contribution in [0.1, 0.15) is 34.3 Å². The van der Waals surface area contributed by atoms with Crippen molar-refractivity contribution in [2.24, 2.45) is 7.05 Å². The number of ether oxygens (including phenoxy) is 2. The highest BCUT2D eigenvalue weighted by Gasteiger charge is 2.18. The zero-order valence-electron chi connectivity index (χ0n) is 18.3. The molecule has 2 heterocycles. The van der Waals surface area contributed by atoms with Crippen molar-refractivity contribution in [3.8, 4) is 11.5 Å². The number of carbonyl (C=O) groups excluding carboxylic acids is 1. The van der Waals surface area contributed by atoms with Crippen LogP contribution >= 0.6 is 11.3 Å². The van der Waals surface area contributed by atoms with Gasteiger partial charge in [0.25, 0.3) is 0 Å². The van der Waals surface area contributed by atoms with Gasteiger partial charge in [0.05, 0.1) is 19.2 Å². The Morgan fingerprint density at radius 2 is 2.03 bits per heavy atom. The third-order valence-electron chi connectivity index (χ3n) is 5.27. The molecule has 0 aliphatic rings. The largest absolute Gasteiger partial charge is 0.493 e. The van der Waals surface area contributed by atoms with Gasteiger partial charge < -0.3 is 14.4 Å². The summed E-state index contributed by atoms with van der Waals surface area (Å²) < 4.78 is 13.3. The molecule has 1 aromatic carbocycles. The minimum Gasteiger partial charge on any atom is -0.493 e. The highest BCUT2D eigenvalue weighted by molar-refractivity contribution is 7.09. The average Bonchev–Trinajstić information content (AvgIpc) is 3.34. The number of aromatic nitrogens is 2. The zero-order chi connectivity index (χ0) is 21.7. The van der Waals surface area contributed by atoms with E-state index in [-0.39, 0.29) is 5.91 Å². The Hall–Kier alpha value is -2.80. The molecule has 30 heavy (non-hydrogen) atoms. The Kier molecular flexibility index (Phi) is 7.15. The number of likely N-dealkylation sites (N-methyl/N-ethyl adjacent to an activating group) is 1. The first-order chi connectivity index (χ1) is 14.4. The van der Waals surface area contributed by atoms with E-state index in [4.69, 9.17) is 9.47 Å². The van der Waals surface area contributed by atoms with Gasteiger partial charge >= 0.3 is 0 Å². The summed E-state index contributed by atoms with van der Waals surface area (Å²) in [6.07, 6.45) is 0.360. The monoisotopic (exact) mass is 427 g/mol. The number of benzene rings is 1. The third-order valence-corrected chi connectivity index (χ3v) is 6.12. The predicted octanol–water partition coefficient (Wildman–Crippen LogP) is 4.28. The zero-order valence-corrected chi connectivity index (χ0v) is 19.1. The lowest BCUT2D eigenvalue weighted by Crippen LogP contribution is -2.31. The van der Waals surface area contributed by atoms with E-state index in [9.17, 15) is 4.79 Å². The van der Waals surface area contributed by atoms with Crippen molar-refractivity contribution < 1.29 is 14.3 Å². The first-order valence-electron chi connectivity index (χ1n) is 10.0. The number of rotatable bonds is 9. The maximum absolute atomic E-state index is 13.0. The van der Waals surface area contributed by atoms with Crippen LogP contribution in [0, 0.1) is 13.8 Å². The van der Waals surface area contributed by atoms with Crippen LogP contribution in [0.5, 0.6) is 11.5 Å². The van der Waals surface area contributed by atoms with Crippen molar-refractivity contribution in [2.45, 2.75) is 40.3 Å². The fraction of sp³-hybridized carbons (Fsp3) is 0.391. The van der Waals surface area contributed by atoms with Gasteiger partial charge in [-0.2, -0.15) is 5.10 Å². The molecular formula is C23H29N3O3S. The Bertz CT molecular complexity index is 996. The molecule has 1 amide bonds. The van der Waals surface area contributed by atoms with E-state index in [0.29, 0.717) is 37.6 Å². The van der Waals surface area contributed by atoms with Crippen molar-refractivity contribution in [2.75, 3.05) is 13.7 Å². The highest BCUT2D eigenvalue weighted by Crippen LogP contribution is 2.30. The van der Waals surface area contributed by atoms with E-state index in [1.807, 2.05) is 73.1 Å². The maximum atomic E-state index is 13.0. The van der Waals surface area contributed by atoms with E-state index in [1.54, 1.807) is 18.4 Å². The molecule has 7 heteroatoms. The van der Waals surface area contributed by atoms with Crippen molar-refractivity contribution in [1.29, 1.82) is 0 Å². The number of carbonyl (C=O) groups is 1. The molecule has 2 aromatic heterocycles. The van der Waals surface area contributed by atoms with Crippen LogP contribution in [0.4, 0.5) is 0 Å². The minimum atomic E-state index is 0.0914. The molecule has 0 radical (unpaired) electrons. The topological polar surface area (TPSA) is 56.6 Å². The number of thiophene rings is 1. The van der Waals surface area contributed by atoms with Gasteiger partial charge in [-0.15, -0.1) is 11.3 Å². The number of hydrogen-bond acceptors (Lipinski definition) is 5. The lowest BCUT2D eigenvalue weighted by molar-refractivity contribution is -0.130. The highest BCUT2D eigenvalue weighted by atomic mass is 32.1. The van der Waals surface area contributed by atoms with E-state index < -0.39 is 0 Å². The molecular weight excluding hydrogens is 398 g/mol. The quantitative estimate of drug-likeness (QED) is 0.512. The summed E-state index contributed by atoms with van der Waals surface area (Å²) in [5.41, 5.74) is 3.96. The van der Waals surface area contributed by atoms with Crippen LogP contribution in [-0.4, -0.2) is 34.2 Å². The molecule has 0 spiro atoms. The Morgan fingerprint density at radius 3 is 2.63 bits per heavy atom. The van der Waals surface area contributed by atoms with Gasteiger partial charge in [0.2, 0.25) is 5.91 Å². The van der Waals surface area contributed by atoms with Gasteiger partial charge in [0.15, 0.2) is 11.5 Å². The number of amides is 1. The summed E-state index contributed by atoms with van der Waals surface area (Å²) in [6, 6.07) is 9.90. The second-order valence-electron chi connectivity index (χ2n) is 7.21. The lowest BCUT2D eigenvalue weighted by atomic mass is 10.1. The number of aryl methyl sites for hydroxylation is 2. The third kappa shape index (κ3) is 5.02. The fourth-order valence-corrected chi connectivity index (χ4v) is 4.02. The Morgan fingerprint density at radius 1 is 1.23 bits per heavy atom. The summed E-state index contributed by atoms with van der Waals surface area (Å²) in [4.78, 5) is 16.0. The normalized spacial score (nSPS) is 10.8. The maximum Gasteiger partial charge on any atom is 0.227 e. The van der Waals surface area contributed by atoms with Gasteiger partial charge in [-0.1, -0.05) is 12.1 Å². The van der Waals surface area contributed by atoms with Gasteiger partial charge in [0, 0.05) is 36.3 Å². The molecule has 0 saturated heterocycles. The van der Waals surface area contributed by atoms with Crippen molar-refractivity contribution in [1.82, 2.24) is 14.7 Å². The molecule has 160 valence electrons. The lowest BCUT2D eigenvalue weighted by Gasteiger charge is -2.22. The molecule has 0 N–H and O–H groups in total. The molecule has 3 aromatic rings. The standard InChI is InChI=1S/C23H29N3O3S/c1-6-26(23(27)13-20-16(2)24-25(4)17(20)3)14-18-9-10-21(22(12-18)28-5)29-15-19-8-7-11-30-19/h7-12H,6,13-15H2,1-5H3. The van der Waals surface area contributed by atoms with Crippen molar-refractivity contribution in [3.63, 3.8) is 0 Å². The van der Waals surface area contributed by atoms with Crippen LogP contribution in [0.2, 0.25) is 0 Å². The second-order valence-corrected chi connectivity index (χ2v) is 8.24. The summed E-state index contributed by atoms with van der Waals surface area (Å²) in [7, 11) is 3.54. The van der Waals surface area contributed by atoms with Crippen LogP contribution in [0.25, 0.3) is 0 Å².